The summed E-state index contributed by atoms with van der Waals surface area (Å²) < 4.78 is 6.42. The number of thiophene rings is 1. The van der Waals surface area contributed by atoms with Gasteiger partial charge >= 0.3 is 0 Å². The number of halogens is 1. The molecule has 0 saturated heterocycles. The maximum Gasteiger partial charge on any atom is 0.259 e. The number of fused-ring (bicyclic) bond motifs is 1. The third-order valence-electron chi connectivity index (χ3n) is 5.63. The average Bonchev–Trinajstić information content (AvgIpc) is 3.28. The SMILES string of the molecule is CC(C)(C)[C@@H]1CCc2c(sc(N=Cc3ccc(I)o3)c2C(=O)Nc2ccccc2)C1. The van der Waals surface area contributed by atoms with Crippen molar-refractivity contribution < 1.29 is 9.21 Å². The van der Waals surface area contributed by atoms with Crippen LogP contribution in [0.2, 0.25) is 0 Å². The van der Waals surface area contributed by atoms with Crippen LogP contribution in [0.25, 0.3) is 0 Å². The molecule has 0 radical (unpaired) electrons. The van der Waals surface area contributed by atoms with Crippen LogP contribution in [0.15, 0.2) is 51.9 Å². The summed E-state index contributed by atoms with van der Waals surface area (Å²) in [6.45, 7) is 6.91. The van der Waals surface area contributed by atoms with Crippen LogP contribution in [0, 0.1) is 15.1 Å². The van der Waals surface area contributed by atoms with Crippen molar-refractivity contribution in [1.29, 1.82) is 0 Å². The normalized spacial score (nSPS) is 16.6. The van der Waals surface area contributed by atoms with Crippen LogP contribution in [-0.2, 0) is 12.8 Å². The number of furan rings is 1. The molecule has 2 heterocycles. The summed E-state index contributed by atoms with van der Waals surface area (Å²) in [5.74, 6) is 1.21. The van der Waals surface area contributed by atoms with Crippen LogP contribution in [0.5, 0.6) is 0 Å². The Hall–Kier alpha value is -1.93. The van der Waals surface area contributed by atoms with E-state index in [-0.39, 0.29) is 11.3 Å². The van der Waals surface area contributed by atoms with Crippen molar-refractivity contribution in [3.8, 4) is 0 Å². The van der Waals surface area contributed by atoms with Gasteiger partial charge in [0.25, 0.3) is 5.91 Å². The molecule has 30 heavy (non-hydrogen) atoms. The van der Waals surface area contributed by atoms with Gasteiger partial charge in [-0.15, -0.1) is 11.3 Å². The van der Waals surface area contributed by atoms with E-state index in [0.29, 0.717) is 17.2 Å². The Labute approximate surface area is 194 Å². The monoisotopic (exact) mass is 532 g/mol. The van der Waals surface area contributed by atoms with Gasteiger partial charge in [-0.25, -0.2) is 4.99 Å². The molecule has 1 aromatic carbocycles. The molecule has 6 heteroatoms. The third kappa shape index (κ3) is 4.70. The first kappa shape index (κ1) is 21.3. The molecule has 1 N–H and O–H groups in total. The van der Waals surface area contributed by atoms with E-state index in [1.54, 1.807) is 17.6 Å². The molecule has 0 fully saturated rings. The van der Waals surface area contributed by atoms with E-state index in [2.05, 4.69) is 53.7 Å². The minimum atomic E-state index is -0.0888. The number of hydrogen-bond donors (Lipinski definition) is 1. The Balaban J connectivity index is 1.70. The number of carbonyl (C=O) groups is 1. The van der Waals surface area contributed by atoms with Crippen LogP contribution in [-0.4, -0.2) is 12.1 Å². The zero-order valence-corrected chi connectivity index (χ0v) is 20.3. The highest BCUT2D eigenvalue weighted by atomic mass is 127. The van der Waals surface area contributed by atoms with E-state index in [4.69, 9.17) is 4.42 Å². The fraction of sp³-hybridized carbons (Fsp3) is 0.333. The van der Waals surface area contributed by atoms with Crippen molar-refractivity contribution in [2.45, 2.75) is 40.0 Å². The summed E-state index contributed by atoms with van der Waals surface area (Å²) in [5, 5.41) is 3.81. The molecule has 0 spiro atoms. The van der Waals surface area contributed by atoms with Crippen molar-refractivity contribution in [3.05, 3.63) is 68.0 Å². The summed E-state index contributed by atoms with van der Waals surface area (Å²) in [7, 11) is 0. The topological polar surface area (TPSA) is 54.6 Å². The Morgan fingerprint density at radius 2 is 2.00 bits per heavy atom. The second-order valence-electron chi connectivity index (χ2n) is 8.71. The molecule has 1 atom stereocenters. The number of amides is 1. The molecule has 1 aliphatic rings. The number of hydrogen-bond acceptors (Lipinski definition) is 4. The number of para-hydroxylation sites is 1. The van der Waals surface area contributed by atoms with Gasteiger partial charge in [0.2, 0.25) is 0 Å². The summed E-state index contributed by atoms with van der Waals surface area (Å²) in [4.78, 5) is 19.2. The minimum Gasteiger partial charge on any atom is -0.449 e. The van der Waals surface area contributed by atoms with E-state index < -0.39 is 0 Å². The molecule has 0 saturated carbocycles. The van der Waals surface area contributed by atoms with Crippen LogP contribution >= 0.6 is 33.9 Å². The Morgan fingerprint density at radius 1 is 1.23 bits per heavy atom. The van der Waals surface area contributed by atoms with E-state index in [1.165, 1.54) is 4.88 Å². The van der Waals surface area contributed by atoms with Crippen molar-refractivity contribution in [2.75, 3.05) is 5.32 Å². The van der Waals surface area contributed by atoms with Crippen molar-refractivity contribution in [3.63, 3.8) is 0 Å². The molecule has 0 unspecified atom stereocenters. The van der Waals surface area contributed by atoms with Crippen molar-refractivity contribution in [2.24, 2.45) is 16.3 Å². The zero-order chi connectivity index (χ0) is 21.3. The van der Waals surface area contributed by atoms with Crippen LogP contribution in [0.4, 0.5) is 10.7 Å². The van der Waals surface area contributed by atoms with Crippen LogP contribution in [0.3, 0.4) is 0 Å². The second-order valence-corrected chi connectivity index (χ2v) is 10.9. The highest BCUT2D eigenvalue weighted by molar-refractivity contribution is 14.1. The maximum absolute atomic E-state index is 13.3. The first-order valence-corrected chi connectivity index (χ1v) is 12.0. The summed E-state index contributed by atoms with van der Waals surface area (Å²) in [6, 6.07) is 13.4. The lowest BCUT2D eigenvalue weighted by Gasteiger charge is -2.33. The van der Waals surface area contributed by atoms with Gasteiger partial charge in [0.1, 0.15) is 10.8 Å². The molecule has 4 rings (SSSR count). The summed E-state index contributed by atoms with van der Waals surface area (Å²) in [6.07, 6.45) is 4.72. The quantitative estimate of drug-likeness (QED) is 0.288. The first-order valence-electron chi connectivity index (χ1n) is 10.1. The van der Waals surface area contributed by atoms with Crippen molar-refractivity contribution in [1.82, 2.24) is 0 Å². The third-order valence-corrected chi connectivity index (χ3v) is 7.38. The first-order chi connectivity index (χ1) is 14.3. The number of anilines is 1. The Kier molecular flexibility index (Phi) is 6.16. The molecule has 156 valence electrons. The fourth-order valence-electron chi connectivity index (χ4n) is 3.87. The second kappa shape index (κ2) is 8.67. The Morgan fingerprint density at radius 3 is 2.67 bits per heavy atom. The minimum absolute atomic E-state index is 0.0888. The van der Waals surface area contributed by atoms with Gasteiger partial charge in [-0.05, 0) is 83.0 Å². The largest absolute Gasteiger partial charge is 0.449 e. The molecular weight excluding hydrogens is 507 g/mol. The van der Waals surface area contributed by atoms with Gasteiger partial charge in [0.15, 0.2) is 3.77 Å². The van der Waals surface area contributed by atoms with Gasteiger partial charge < -0.3 is 9.73 Å². The molecule has 0 aliphatic heterocycles. The zero-order valence-electron chi connectivity index (χ0n) is 17.4. The van der Waals surface area contributed by atoms with Gasteiger partial charge in [0.05, 0.1) is 11.8 Å². The van der Waals surface area contributed by atoms with Crippen LogP contribution in [0.1, 0.15) is 53.8 Å². The van der Waals surface area contributed by atoms with Gasteiger partial charge in [-0.1, -0.05) is 39.0 Å². The lowest BCUT2D eigenvalue weighted by atomic mass is 9.72. The van der Waals surface area contributed by atoms with E-state index in [1.807, 2.05) is 42.5 Å². The highest BCUT2D eigenvalue weighted by Gasteiger charge is 2.33. The predicted octanol–water partition coefficient (Wildman–Crippen LogP) is 7.10. The molecule has 0 bridgehead atoms. The van der Waals surface area contributed by atoms with Gasteiger partial charge in [-0.3, -0.25) is 4.79 Å². The van der Waals surface area contributed by atoms with Crippen molar-refractivity contribution >= 4 is 56.7 Å². The van der Waals surface area contributed by atoms with E-state index in [9.17, 15) is 4.79 Å². The standard InChI is InChI=1S/C24H25IN2O2S/c1-24(2,3)15-9-11-18-19(13-15)30-23(26-14-17-10-12-20(25)29-17)21(18)22(28)27-16-7-5-4-6-8-16/h4-8,10,12,14-15H,9,11,13H2,1-3H3,(H,27,28)/t15-/m1/s1. The molecule has 2 aromatic heterocycles. The molecule has 1 aliphatic carbocycles. The van der Waals surface area contributed by atoms with Gasteiger partial charge in [0, 0.05) is 10.6 Å². The smallest absolute Gasteiger partial charge is 0.259 e. The lowest BCUT2D eigenvalue weighted by molar-refractivity contribution is 0.102. The number of carbonyl (C=O) groups excluding carboxylic acids is 1. The van der Waals surface area contributed by atoms with Gasteiger partial charge in [-0.2, -0.15) is 0 Å². The molecule has 1 amide bonds. The molecule has 4 nitrogen and oxygen atoms in total. The number of benzene rings is 1. The summed E-state index contributed by atoms with van der Waals surface area (Å²) in [5.41, 5.74) is 2.92. The number of aliphatic imine (C=N–C) groups is 1. The average molecular weight is 532 g/mol. The van der Waals surface area contributed by atoms with Crippen LogP contribution < -0.4 is 5.32 Å². The summed E-state index contributed by atoms with van der Waals surface area (Å²) >= 11 is 3.78. The fourth-order valence-corrected chi connectivity index (χ4v) is 5.57. The van der Waals surface area contributed by atoms with E-state index in [0.717, 1.165) is 39.3 Å². The predicted molar refractivity (Wildman–Crippen MR) is 132 cm³/mol. The lowest BCUT2D eigenvalue weighted by Crippen LogP contribution is -2.27. The molecule has 3 aromatic rings. The highest BCUT2D eigenvalue weighted by Crippen LogP contribution is 2.45. The number of nitrogens with one attached hydrogen (secondary N) is 1. The number of rotatable bonds is 4. The van der Waals surface area contributed by atoms with E-state index >= 15 is 0 Å². The number of nitrogens with zero attached hydrogens (tertiary/aromatic N) is 1. The molecular formula is C24H25IN2O2S. The Bertz CT molecular complexity index is 1080. The maximum atomic E-state index is 13.3.